The van der Waals surface area contributed by atoms with Gasteiger partial charge in [-0.15, -0.1) is 0 Å². The Morgan fingerprint density at radius 2 is 2.16 bits per heavy atom. The summed E-state index contributed by atoms with van der Waals surface area (Å²) in [7, 11) is -1.43. The van der Waals surface area contributed by atoms with Crippen LogP contribution in [0.4, 0.5) is 0 Å². The number of nitrogens with zero attached hydrogens (tertiary/aromatic N) is 3. The predicted octanol–water partition coefficient (Wildman–Crippen LogP) is 1.45. The molecule has 1 atom stereocenters. The van der Waals surface area contributed by atoms with E-state index in [-0.39, 0.29) is 10.9 Å². The molecule has 1 fully saturated rings. The summed E-state index contributed by atoms with van der Waals surface area (Å²) >= 11 is 5.69. The van der Waals surface area contributed by atoms with Gasteiger partial charge in [-0.05, 0) is 25.6 Å². The molecule has 0 N–H and O–H groups in total. The van der Waals surface area contributed by atoms with Gasteiger partial charge in [0.15, 0.2) is 0 Å². The zero-order valence-electron chi connectivity index (χ0n) is 11.1. The van der Waals surface area contributed by atoms with Crippen LogP contribution < -0.4 is 0 Å². The summed E-state index contributed by atoms with van der Waals surface area (Å²) in [5.41, 5.74) is 0. The fourth-order valence-electron chi connectivity index (χ4n) is 2.24. The van der Waals surface area contributed by atoms with Gasteiger partial charge in [0.2, 0.25) is 10.0 Å². The molecule has 0 saturated carbocycles. The van der Waals surface area contributed by atoms with Crippen molar-refractivity contribution in [2.45, 2.75) is 24.3 Å². The first kappa shape index (κ1) is 14.7. The number of likely N-dealkylation sites (N-methyl/N-ethyl adjacent to an activating group) is 1. The summed E-state index contributed by atoms with van der Waals surface area (Å²) in [4.78, 5) is 6.25. The smallest absolute Gasteiger partial charge is 0.244 e. The molecule has 7 heteroatoms. The van der Waals surface area contributed by atoms with E-state index in [0.717, 1.165) is 13.0 Å². The van der Waals surface area contributed by atoms with E-state index in [1.165, 1.54) is 22.6 Å². The molecule has 1 aromatic heterocycles. The Bertz CT molecular complexity index is 532. The van der Waals surface area contributed by atoms with Crippen LogP contribution in [0, 0.1) is 0 Å². The Morgan fingerprint density at radius 3 is 2.74 bits per heavy atom. The lowest BCUT2D eigenvalue weighted by Crippen LogP contribution is -2.52. The number of piperazine rings is 1. The van der Waals surface area contributed by atoms with Crippen molar-refractivity contribution in [3.63, 3.8) is 0 Å². The third kappa shape index (κ3) is 3.08. The normalized spacial score (nSPS) is 22.6. The molecule has 0 aliphatic carbocycles. The molecule has 2 rings (SSSR count). The maximum Gasteiger partial charge on any atom is 0.244 e. The van der Waals surface area contributed by atoms with Crippen molar-refractivity contribution in [1.29, 1.82) is 0 Å². The van der Waals surface area contributed by atoms with Crippen LogP contribution in [-0.2, 0) is 10.0 Å². The fourth-order valence-corrected chi connectivity index (χ4v) is 3.77. The van der Waals surface area contributed by atoms with Crippen LogP contribution in [0.2, 0.25) is 5.15 Å². The Morgan fingerprint density at radius 1 is 1.42 bits per heavy atom. The Hall–Kier alpha value is -0.690. The number of hydrogen-bond donors (Lipinski definition) is 0. The molecule has 2 heterocycles. The number of aromatic nitrogens is 1. The summed E-state index contributed by atoms with van der Waals surface area (Å²) in [6, 6.07) is 3.27. The molecule has 5 nitrogen and oxygen atoms in total. The molecular weight excluding hydrogens is 286 g/mol. The molecule has 1 aromatic rings. The molecule has 0 bridgehead atoms. The van der Waals surface area contributed by atoms with Gasteiger partial charge in [0.05, 0.1) is 0 Å². The van der Waals surface area contributed by atoms with Crippen LogP contribution in [0.3, 0.4) is 0 Å². The van der Waals surface area contributed by atoms with Gasteiger partial charge < -0.3 is 4.90 Å². The molecule has 106 valence electrons. The Kier molecular flexibility index (Phi) is 4.45. The fraction of sp³-hybridized carbons (Fsp3) is 0.583. The maximum absolute atomic E-state index is 12.5. The van der Waals surface area contributed by atoms with Crippen LogP contribution in [-0.4, -0.2) is 55.3 Å². The Labute approximate surface area is 119 Å². The lowest BCUT2D eigenvalue weighted by molar-refractivity contribution is 0.144. The molecular formula is C12H18ClN3O2S. The van der Waals surface area contributed by atoms with E-state index in [0.29, 0.717) is 18.2 Å². The molecule has 1 aliphatic heterocycles. The minimum Gasteiger partial charge on any atom is -0.301 e. The van der Waals surface area contributed by atoms with Crippen molar-refractivity contribution in [3.05, 3.63) is 23.5 Å². The lowest BCUT2D eigenvalue weighted by atomic mass is 10.1. The first-order chi connectivity index (χ1) is 8.95. The van der Waals surface area contributed by atoms with Crippen LogP contribution in [0.25, 0.3) is 0 Å². The second-order valence-electron chi connectivity index (χ2n) is 4.72. The van der Waals surface area contributed by atoms with Gasteiger partial charge in [0.25, 0.3) is 0 Å². The van der Waals surface area contributed by atoms with Crippen LogP contribution in [0.5, 0.6) is 0 Å². The first-order valence-corrected chi connectivity index (χ1v) is 8.09. The lowest BCUT2D eigenvalue weighted by Gasteiger charge is -2.38. The van der Waals surface area contributed by atoms with E-state index in [1.807, 2.05) is 7.05 Å². The first-order valence-electron chi connectivity index (χ1n) is 6.27. The van der Waals surface area contributed by atoms with Gasteiger partial charge in [-0.3, -0.25) is 0 Å². The maximum atomic E-state index is 12.5. The van der Waals surface area contributed by atoms with E-state index in [2.05, 4.69) is 16.8 Å². The van der Waals surface area contributed by atoms with Crippen molar-refractivity contribution < 1.29 is 8.42 Å². The molecule has 0 radical (unpaired) electrons. The second kappa shape index (κ2) is 5.75. The predicted molar refractivity (Wildman–Crippen MR) is 74.7 cm³/mol. The highest BCUT2D eigenvalue weighted by atomic mass is 35.5. The highest BCUT2D eigenvalue weighted by Gasteiger charge is 2.31. The molecule has 1 saturated heterocycles. The summed E-state index contributed by atoms with van der Waals surface area (Å²) in [6.45, 7) is 3.86. The number of hydrogen-bond acceptors (Lipinski definition) is 4. The number of rotatable bonds is 3. The summed E-state index contributed by atoms with van der Waals surface area (Å²) in [5.74, 6) is 0. The van der Waals surface area contributed by atoms with E-state index in [9.17, 15) is 8.42 Å². The quantitative estimate of drug-likeness (QED) is 0.793. The van der Waals surface area contributed by atoms with Crippen LogP contribution >= 0.6 is 11.6 Å². The minimum absolute atomic E-state index is 0.205. The zero-order valence-corrected chi connectivity index (χ0v) is 12.7. The van der Waals surface area contributed by atoms with Gasteiger partial charge in [-0.1, -0.05) is 18.5 Å². The molecule has 0 spiro atoms. The molecule has 1 aliphatic rings. The molecule has 0 amide bonds. The SMILES string of the molecule is CCC1CN(S(=O)(=O)c2ccc(Cl)nc2)CCN1C. The van der Waals surface area contributed by atoms with Gasteiger partial charge in [0, 0.05) is 31.9 Å². The minimum atomic E-state index is -3.46. The molecule has 19 heavy (non-hydrogen) atoms. The number of pyridine rings is 1. The van der Waals surface area contributed by atoms with Crippen molar-refractivity contribution in [1.82, 2.24) is 14.2 Å². The van der Waals surface area contributed by atoms with Gasteiger partial charge >= 0.3 is 0 Å². The molecule has 0 aromatic carbocycles. The largest absolute Gasteiger partial charge is 0.301 e. The van der Waals surface area contributed by atoms with E-state index < -0.39 is 10.0 Å². The van der Waals surface area contributed by atoms with Gasteiger partial charge in [0.1, 0.15) is 10.0 Å². The third-order valence-electron chi connectivity index (χ3n) is 3.55. The van der Waals surface area contributed by atoms with E-state index in [4.69, 9.17) is 11.6 Å². The van der Waals surface area contributed by atoms with Gasteiger partial charge in [-0.25, -0.2) is 13.4 Å². The van der Waals surface area contributed by atoms with E-state index >= 15 is 0 Å². The van der Waals surface area contributed by atoms with Gasteiger partial charge in [-0.2, -0.15) is 4.31 Å². The van der Waals surface area contributed by atoms with Crippen molar-refractivity contribution in [2.75, 3.05) is 26.7 Å². The van der Waals surface area contributed by atoms with Crippen LogP contribution in [0.15, 0.2) is 23.2 Å². The molecule has 1 unspecified atom stereocenters. The number of sulfonamides is 1. The highest BCUT2D eigenvalue weighted by Crippen LogP contribution is 2.20. The highest BCUT2D eigenvalue weighted by molar-refractivity contribution is 7.89. The zero-order chi connectivity index (χ0) is 14.0. The van der Waals surface area contributed by atoms with Crippen molar-refractivity contribution in [2.24, 2.45) is 0 Å². The van der Waals surface area contributed by atoms with Crippen LogP contribution in [0.1, 0.15) is 13.3 Å². The monoisotopic (exact) mass is 303 g/mol. The standard InChI is InChI=1S/C12H18ClN3O2S/c1-3-10-9-16(7-6-15(10)2)19(17,18)11-4-5-12(13)14-8-11/h4-5,8,10H,3,6-7,9H2,1-2H3. The van der Waals surface area contributed by atoms with Crippen molar-refractivity contribution >= 4 is 21.6 Å². The van der Waals surface area contributed by atoms with Crippen molar-refractivity contribution in [3.8, 4) is 0 Å². The topological polar surface area (TPSA) is 53.5 Å². The average Bonchev–Trinajstić information content (AvgIpc) is 2.39. The summed E-state index contributed by atoms with van der Waals surface area (Å²) in [6.07, 6.45) is 2.25. The summed E-state index contributed by atoms with van der Waals surface area (Å²) < 4.78 is 26.5. The van der Waals surface area contributed by atoms with E-state index in [1.54, 1.807) is 0 Å². The third-order valence-corrected chi connectivity index (χ3v) is 5.62. The second-order valence-corrected chi connectivity index (χ2v) is 7.05. The number of halogens is 1. The average molecular weight is 304 g/mol. The summed E-state index contributed by atoms with van der Waals surface area (Å²) in [5, 5.41) is 0.295. The Balaban J connectivity index is 2.23.